The normalized spacial score (nSPS) is 19.6. The van der Waals surface area contributed by atoms with E-state index in [-0.39, 0.29) is 27.6 Å². The number of hydrogen-bond acceptors (Lipinski definition) is 3. The third-order valence-corrected chi connectivity index (χ3v) is 7.86. The monoisotopic (exact) mass is 528 g/mol. The lowest BCUT2D eigenvalue weighted by Gasteiger charge is -2.20. The molecule has 2 aliphatic rings. The highest BCUT2D eigenvalue weighted by molar-refractivity contribution is 6.34. The smallest absolute Gasteiger partial charge is 0.262 e. The summed E-state index contributed by atoms with van der Waals surface area (Å²) in [6.45, 7) is 2.40. The molecule has 3 aromatic rings. The standard InChI is InChI=1S/C21H15Cl2FN2O3.C7H12/c1-26(21(29)19-15(23)3-2-4-16(19)24)17-8-6-11(10-18(17)27)13-9-12(20(25)28)5-7-14(13)22;1-5-6-3-2-4-7(5)6/h2-10,27H,1H3,(H2,25,28);5-7H,2-4H2,1H3. The van der Waals surface area contributed by atoms with Gasteiger partial charge in [0.1, 0.15) is 11.6 Å². The van der Waals surface area contributed by atoms with E-state index in [9.17, 15) is 19.1 Å². The summed E-state index contributed by atoms with van der Waals surface area (Å²) in [5, 5.41) is 10.8. The van der Waals surface area contributed by atoms with Crippen molar-refractivity contribution in [1.29, 1.82) is 0 Å². The van der Waals surface area contributed by atoms with Gasteiger partial charge in [-0.2, -0.15) is 0 Å². The Morgan fingerprint density at radius 1 is 1.03 bits per heavy atom. The fourth-order valence-corrected chi connectivity index (χ4v) is 5.50. The molecule has 2 atom stereocenters. The van der Waals surface area contributed by atoms with Crippen LogP contribution in [0.2, 0.25) is 10.0 Å². The molecular formula is C28H27Cl2FN2O3. The summed E-state index contributed by atoms with van der Waals surface area (Å²) in [5.74, 6) is 1.14. The zero-order valence-corrected chi connectivity index (χ0v) is 21.5. The number of aromatic hydroxyl groups is 1. The van der Waals surface area contributed by atoms with E-state index in [4.69, 9.17) is 28.9 Å². The summed E-state index contributed by atoms with van der Waals surface area (Å²) in [7, 11) is 1.39. The highest BCUT2D eigenvalue weighted by Crippen LogP contribution is 2.56. The Hall–Kier alpha value is -3.09. The number of primary amides is 1. The van der Waals surface area contributed by atoms with Gasteiger partial charge in [-0.1, -0.05) is 48.7 Å². The average molecular weight is 529 g/mol. The number of nitrogens with two attached hydrogens (primary N) is 1. The minimum atomic E-state index is -0.763. The topological polar surface area (TPSA) is 83.6 Å². The van der Waals surface area contributed by atoms with Crippen molar-refractivity contribution in [3.05, 3.63) is 81.6 Å². The maximum Gasteiger partial charge on any atom is 0.262 e. The van der Waals surface area contributed by atoms with Crippen LogP contribution in [0, 0.1) is 23.6 Å². The molecule has 0 heterocycles. The Morgan fingerprint density at radius 3 is 2.28 bits per heavy atom. The van der Waals surface area contributed by atoms with E-state index in [2.05, 4.69) is 6.92 Å². The van der Waals surface area contributed by atoms with Crippen molar-refractivity contribution in [1.82, 2.24) is 0 Å². The van der Waals surface area contributed by atoms with Crippen LogP contribution in [-0.4, -0.2) is 24.0 Å². The van der Waals surface area contributed by atoms with Crippen molar-refractivity contribution in [2.75, 3.05) is 11.9 Å². The van der Waals surface area contributed by atoms with Crippen LogP contribution in [0.5, 0.6) is 5.75 Å². The summed E-state index contributed by atoms with van der Waals surface area (Å²) in [6.07, 6.45) is 4.62. The first kappa shape index (κ1) is 26.0. The number of carbonyl (C=O) groups is 2. The van der Waals surface area contributed by atoms with Crippen molar-refractivity contribution in [3.63, 3.8) is 0 Å². The van der Waals surface area contributed by atoms with E-state index in [0.717, 1.165) is 16.9 Å². The number of carbonyl (C=O) groups excluding carboxylic acids is 2. The van der Waals surface area contributed by atoms with Crippen molar-refractivity contribution >= 4 is 40.7 Å². The zero-order valence-electron chi connectivity index (χ0n) is 20.0. The minimum Gasteiger partial charge on any atom is -0.506 e. The van der Waals surface area contributed by atoms with Gasteiger partial charge in [0, 0.05) is 23.2 Å². The van der Waals surface area contributed by atoms with Gasteiger partial charge in [0.2, 0.25) is 5.91 Å². The number of anilines is 1. The van der Waals surface area contributed by atoms with E-state index in [0.29, 0.717) is 16.1 Å². The largest absolute Gasteiger partial charge is 0.506 e. The van der Waals surface area contributed by atoms with Gasteiger partial charge in [-0.05, 0) is 78.6 Å². The Labute approximate surface area is 219 Å². The Bertz CT molecular complexity index is 1300. The molecule has 8 heteroatoms. The predicted molar refractivity (Wildman–Crippen MR) is 141 cm³/mol. The van der Waals surface area contributed by atoms with Crippen LogP contribution < -0.4 is 10.6 Å². The molecule has 0 saturated heterocycles. The van der Waals surface area contributed by atoms with Crippen LogP contribution in [0.1, 0.15) is 46.9 Å². The first-order valence-corrected chi connectivity index (χ1v) is 12.5. The van der Waals surface area contributed by atoms with Crippen molar-refractivity contribution in [2.45, 2.75) is 26.2 Å². The molecule has 0 spiro atoms. The number of phenols is 1. The van der Waals surface area contributed by atoms with Crippen LogP contribution in [0.15, 0.2) is 54.6 Å². The second-order valence-electron chi connectivity index (χ2n) is 9.34. The molecule has 2 aliphatic carbocycles. The fourth-order valence-electron chi connectivity index (χ4n) is 5.03. The number of benzene rings is 3. The number of phenolic OH excluding ortho intramolecular Hbond substituents is 1. The van der Waals surface area contributed by atoms with Crippen molar-refractivity contribution in [2.24, 2.45) is 23.5 Å². The van der Waals surface area contributed by atoms with E-state index in [1.54, 1.807) is 18.9 Å². The predicted octanol–water partition coefficient (Wildman–Crippen LogP) is 6.93. The van der Waals surface area contributed by atoms with Gasteiger partial charge in [-0.25, -0.2) is 4.39 Å². The van der Waals surface area contributed by atoms with Gasteiger partial charge in [-0.15, -0.1) is 0 Å². The molecule has 5 rings (SSSR count). The average Bonchev–Trinajstić information content (AvgIpc) is 3.21. The third kappa shape index (κ3) is 5.20. The highest BCUT2D eigenvalue weighted by atomic mass is 35.5. The second-order valence-corrected chi connectivity index (χ2v) is 10.2. The first-order valence-electron chi connectivity index (χ1n) is 11.7. The molecule has 5 nitrogen and oxygen atoms in total. The molecule has 0 aromatic heterocycles. The van der Waals surface area contributed by atoms with Crippen LogP contribution in [0.3, 0.4) is 0 Å². The van der Waals surface area contributed by atoms with Crippen LogP contribution in [-0.2, 0) is 0 Å². The summed E-state index contributed by atoms with van der Waals surface area (Å²) in [6, 6.07) is 12.9. The Morgan fingerprint density at radius 2 is 1.72 bits per heavy atom. The van der Waals surface area contributed by atoms with E-state index < -0.39 is 17.6 Å². The number of fused-ring (bicyclic) bond motifs is 1. The number of hydrogen-bond donors (Lipinski definition) is 2. The molecule has 2 fully saturated rings. The summed E-state index contributed by atoms with van der Waals surface area (Å²) in [5.41, 5.74) is 6.39. The lowest BCUT2D eigenvalue weighted by atomic mass is 10.0. The molecule has 36 heavy (non-hydrogen) atoms. The van der Waals surface area contributed by atoms with Crippen LogP contribution >= 0.6 is 23.2 Å². The lowest BCUT2D eigenvalue weighted by molar-refractivity contribution is 0.0984. The van der Waals surface area contributed by atoms with Gasteiger partial charge in [0.05, 0.1) is 16.3 Å². The highest BCUT2D eigenvalue weighted by Gasteiger charge is 2.48. The third-order valence-electron chi connectivity index (χ3n) is 7.21. The zero-order chi connectivity index (χ0) is 26.1. The Balaban J connectivity index is 0.000000367. The SMILES string of the molecule is CC1C2CCCC12.CN(C(=O)c1c(F)cccc1Cl)c1ccc(-c2cc(C(N)=O)ccc2Cl)cc1O. The first-order chi connectivity index (χ1) is 17.1. The van der Waals surface area contributed by atoms with Crippen molar-refractivity contribution < 1.29 is 19.1 Å². The van der Waals surface area contributed by atoms with Gasteiger partial charge in [0.25, 0.3) is 5.91 Å². The molecule has 0 aliphatic heterocycles. The van der Waals surface area contributed by atoms with Gasteiger partial charge in [0.15, 0.2) is 0 Å². The molecule has 0 bridgehead atoms. The van der Waals surface area contributed by atoms with E-state index >= 15 is 0 Å². The summed E-state index contributed by atoms with van der Waals surface area (Å²) >= 11 is 12.2. The van der Waals surface area contributed by atoms with Gasteiger partial charge < -0.3 is 15.7 Å². The van der Waals surface area contributed by atoms with Crippen molar-refractivity contribution in [3.8, 4) is 16.9 Å². The van der Waals surface area contributed by atoms with E-state index in [1.807, 2.05) is 0 Å². The van der Waals surface area contributed by atoms with Crippen LogP contribution in [0.4, 0.5) is 10.1 Å². The molecule has 3 N–H and O–H groups in total. The molecule has 3 aromatic carbocycles. The Kier molecular flexibility index (Phi) is 7.57. The lowest BCUT2D eigenvalue weighted by Crippen LogP contribution is -2.27. The quantitative estimate of drug-likeness (QED) is 0.384. The van der Waals surface area contributed by atoms with Crippen LogP contribution in [0.25, 0.3) is 11.1 Å². The number of halogens is 3. The minimum absolute atomic E-state index is 0.0343. The number of nitrogens with zero attached hydrogens (tertiary/aromatic N) is 1. The molecule has 0 radical (unpaired) electrons. The molecule has 2 saturated carbocycles. The maximum absolute atomic E-state index is 14.1. The van der Waals surface area contributed by atoms with E-state index in [1.165, 1.54) is 67.8 Å². The fraction of sp³-hybridized carbons (Fsp3) is 0.286. The van der Waals surface area contributed by atoms with Gasteiger partial charge in [-0.3, -0.25) is 9.59 Å². The van der Waals surface area contributed by atoms with Gasteiger partial charge >= 0.3 is 0 Å². The maximum atomic E-state index is 14.1. The molecular weight excluding hydrogens is 502 g/mol. The summed E-state index contributed by atoms with van der Waals surface area (Å²) in [4.78, 5) is 25.2. The molecule has 188 valence electrons. The number of amides is 2. The number of rotatable bonds is 4. The molecule has 2 amide bonds. The molecule has 2 unspecified atom stereocenters. The second kappa shape index (κ2) is 10.5. The summed E-state index contributed by atoms with van der Waals surface area (Å²) < 4.78 is 14.1.